The Kier molecular flexibility index (Phi) is 3.91. The van der Waals surface area contributed by atoms with Crippen LogP contribution in [-0.4, -0.2) is 28.3 Å². The molecule has 1 unspecified atom stereocenters. The van der Waals surface area contributed by atoms with Crippen LogP contribution in [0.5, 0.6) is 5.75 Å². The summed E-state index contributed by atoms with van der Waals surface area (Å²) < 4.78 is 44.9. The largest absolute Gasteiger partial charge is 0.573 e. The van der Waals surface area contributed by atoms with E-state index in [1.54, 1.807) is 0 Å². The van der Waals surface area contributed by atoms with Gasteiger partial charge in [-0.3, -0.25) is 0 Å². The Bertz CT molecular complexity index is 568. The number of rotatable bonds is 4. The van der Waals surface area contributed by atoms with Crippen LogP contribution in [0.25, 0.3) is 11.5 Å². The molecule has 0 aliphatic rings. The van der Waals surface area contributed by atoms with Gasteiger partial charge in [0.25, 0.3) is 0 Å². The van der Waals surface area contributed by atoms with Crippen molar-refractivity contribution in [3.63, 3.8) is 0 Å². The second-order valence-corrected chi connectivity index (χ2v) is 3.81. The molecule has 1 aromatic carbocycles. The third-order valence-corrected chi connectivity index (χ3v) is 2.29. The number of halogens is 3. The molecule has 6 nitrogen and oxygen atoms in total. The summed E-state index contributed by atoms with van der Waals surface area (Å²) in [7, 11) is 0. The lowest BCUT2D eigenvalue weighted by molar-refractivity contribution is -0.274. The van der Waals surface area contributed by atoms with Crippen molar-refractivity contribution in [3.8, 4) is 17.2 Å². The third-order valence-electron chi connectivity index (χ3n) is 2.29. The molecule has 1 aromatic heterocycles. The number of benzene rings is 1. The van der Waals surface area contributed by atoms with Gasteiger partial charge < -0.3 is 20.0 Å². The number of hydrogen-bond donors (Lipinski definition) is 2. The lowest BCUT2D eigenvalue weighted by Gasteiger charge is -2.08. The molecule has 0 radical (unpaired) electrons. The molecule has 0 aliphatic heterocycles. The van der Waals surface area contributed by atoms with Gasteiger partial charge in [0.1, 0.15) is 11.8 Å². The lowest BCUT2D eigenvalue weighted by Crippen LogP contribution is -2.16. The van der Waals surface area contributed by atoms with Crippen molar-refractivity contribution in [2.24, 2.45) is 5.73 Å². The molecule has 0 amide bonds. The highest BCUT2D eigenvalue weighted by atomic mass is 19.4. The van der Waals surface area contributed by atoms with E-state index >= 15 is 0 Å². The van der Waals surface area contributed by atoms with Crippen LogP contribution in [0.3, 0.4) is 0 Å². The summed E-state index contributed by atoms with van der Waals surface area (Å²) in [6, 6.07) is 4.12. The standard InChI is InChI=1S/C11H10F3N3O3/c12-11(13,14)20-7-3-1-6(2-4-7)9-16-17-10(19-9)8(15)5-18/h1-4,8,18H,5,15H2. The molecule has 108 valence electrons. The number of aliphatic hydroxyl groups excluding tert-OH is 1. The van der Waals surface area contributed by atoms with E-state index in [-0.39, 0.29) is 24.1 Å². The SMILES string of the molecule is NC(CO)c1nnc(-c2ccc(OC(F)(F)F)cc2)o1. The Balaban J connectivity index is 2.15. The summed E-state index contributed by atoms with van der Waals surface area (Å²) in [4.78, 5) is 0. The smallest absolute Gasteiger partial charge is 0.419 e. The van der Waals surface area contributed by atoms with E-state index in [0.717, 1.165) is 12.1 Å². The minimum atomic E-state index is -4.74. The molecule has 0 fully saturated rings. The van der Waals surface area contributed by atoms with Crippen molar-refractivity contribution in [2.45, 2.75) is 12.4 Å². The highest BCUT2D eigenvalue weighted by molar-refractivity contribution is 5.54. The van der Waals surface area contributed by atoms with Gasteiger partial charge in [-0.1, -0.05) is 0 Å². The van der Waals surface area contributed by atoms with Crippen LogP contribution >= 0.6 is 0 Å². The van der Waals surface area contributed by atoms with Crippen molar-refractivity contribution in [1.29, 1.82) is 0 Å². The molecule has 0 saturated heterocycles. The van der Waals surface area contributed by atoms with Crippen LogP contribution in [0.2, 0.25) is 0 Å². The van der Waals surface area contributed by atoms with Gasteiger partial charge in [-0.25, -0.2) is 0 Å². The summed E-state index contributed by atoms with van der Waals surface area (Å²) in [6.07, 6.45) is -4.74. The number of ether oxygens (including phenoxy) is 1. The van der Waals surface area contributed by atoms with Gasteiger partial charge in [0.15, 0.2) is 0 Å². The van der Waals surface area contributed by atoms with Crippen LogP contribution in [0, 0.1) is 0 Å². The van der Waals surface area contributed by atoms with Crippen molar-refractivity contribution >= 4 is 0 Å². The van der Waals surface area contributed by atoms with Crippen molar-refractivity contribution in [3.05, 3.63) is 30.2 Å². The zero-order valence-corrected chi connectivity index (χ0v) is 9.96. The second-order valence-electron chi connectivity index (χ2n) is 3.81. The van der Waals surface area contributed by atoms with Crippen LogP contribution in [0.15, 0.2) is 28.7 Å². The first kappa shape index (κ1) is 14.3. The first-order valence-electron chi connectivity index (χ1n) is 5.45. The molecule has 2 rings (SSSR count). The summed E-state index contributed by atoms with van der Waals surface area (Å²) in [5.41, 5.74) is 5.89. The van der Waals surface area contributed by atoms with Gasteiger partial charge in [0, 0.05) is 5.56 Å². The molecule has 0 aliphatic carbocycles. The molecule has 20 heavy (non-hydrogen) atoms. The van der Waals surface area contributed by atoms with Gasteiger partial charge in [-0.05, 0) is 24.3 Å². The minimum absolute atomic E-state index is 0.0399. The average Bonchev–Trinajstić information content (AvgIpc) is 2.86. The van der Waals surface area contributed by atoms with Crippen LogP contribution in [0.1, 0.15) is 11.9 Å². The molecular formula is C11H10F3N3O3. The lowest BCUT2D eigenvalue weighted by atomic mass is 10.2. The van der Waals surface area contributed by atoms with Gasteiger partial charge in [-0.2, -0.15) is 0 Å². The highest BCUT2D eigenvalue weighted by Gasteiger charge is 2.31. The number of nitrogens with two attached hydrogens (primary N) is 1. The molecule has 9 heteroatoms. The van der Waals surface area contributed by atoms with E-state index in [2.05, 4.69) is 14.9 Å². The Labute approximate surface area is 111 Å². The van der Waals surface area contributed by atoms with E-state index < -0.39 is 12.4 Å². The number of aromatic nitrogens is 2. The van der Waals surface area contributed by atoms with E-state index in [4.69, 9.17) is 15.3 Å². The van der Waals surface area contributed by atoms with E-state index in [0.29, 0.717) is 5.56 Å². The molecule has 1 atom stereocenters. The average molecular weight is 289 g/mol. The fourth-order valence-electron chi connectivity index (χ4n) is 1.38. The normalized spacial score (nSPS) is 13.2. The molecule has 2 aromatic rings. The van der Waals surface area contributed by atoms with Crippen molar-refractivity contribution in [1.82, 2.24) is 10.2 Å². The van der Waals surface area contributed by atoms with Crippen LogP contribution < -0.4 is 10.5 Å². The maximum atomic E-state index is 12.0. The van der Waals surface area contributed by atoms with Gasteiger partial charge in [0.2, 0.25) is 11.8 Å². The zero-order valence-electron chi connectivity index (χ0n) is 9.96. The zero-order chi connectivity index (χ0) is 14.8. The van der Waals surface area contributed by atoms with Gasteiger partial charge >= 0.3 is 6.36 Å². The minimum Gasteiger partial charge on any atom is -0.419 e. The predicted molar refractivity (Wildman–Crippen MR) is 60.4 cm³/mol. The fourth-order valence-corrected chi connectivity index (χ4v) is 1.38. The summed E-state index contributed by atoms with van der Waals surface area (Å²) in [6.45, 7) is -0.361. The molecule has 1 heterocycles. The highest BCUT2D eigenvalue weighted by Crippen LogP contribution is 2.26. The first-order chi connectivity index (χ1) is 9.39. The third kappa shape index (κ3) is 3.45. The molecule has 3 N–H and O–H groups in total. The summed E-state index contributed by atoms with van der Waals surface area (Å²) in [5, 5.41) is 16.2. The Morgan fingerprint density at radius 2 is 1.90 bits per heavy atom. The molecule has 0 saturated carbocycles. The Morgan fingerprint density at radius 3 is 2.45 bits per heavy atom. The number of aliphatic hydroxyl groups is 1. The van der Waals surface area contributed by atoms with Crippen LogP contribution in [-0.2, 0) is 0 Å². The maximum absolute atomic E-state index is 12.0. The Hall–Kier alpha value is -2.13. The van der Waals surface area contributed by atoms with Crippen molar-refractivity contribution < 1.29 is 27.4 Å². The van der Waals surface area contributed by atoms with Crippen LogP contribution in [0.4, 0.5) is 13.2 Å². The molecular weight excluding hydrogens is 279 g/mol. The number of hydrogen-bond acceptors (Lipinski definition) is 6. The summed E-state index contributed by atoms with van der Waals surface area (Å²) >= 11 is 0. The molecule has 0 bridgehead atoms. The predicted octanol–water partition coefficient (Wildman–Crippen LogP) is 1.63. The quantitative estimate of drug-likeness (QED) is 0.888. The fraction of sp³-hybridized carbons (Fsp3) is 0.273. The Morgan fingerprint density at radius 1 is 1.25 bits per heavy atom. The van der Waals surface area contributed by atoms with Crippen molar-refractivity contribution in [2.75, 3.05) is 6.61 Å². The topological polar surface area (TPSA) is 94.4 Å². The summed E-state index contributed by atoms with van der Waals surface area (Å²) in [5.74, 6) is -0.228. The first-order valence-corrected chi connectivity index (χ1v) is 5.45. The van der Waals surface area contributed by atoms with E-state index in [1.165, 1.54) is 12.1 Å². The van der Waals surface area contributed by atoms with Gasteiger partial charge in [0.05, 0.1) is 6.61 Å². The maximum Gasteiger partial charge on any atom is 0.573 e. The van der Waals surface area contributed by atoms with E-state index in [9.17, 15) is 13.2 Å². The number of nitrogens with zero attached hydrogens (tertiary/aromatic N) is 2. The second kappa shape index (κ2) is 5.47. The van der Waals surface area contributed by atoms with E-state index in [1.807, 2.05) is 0 Å². The number of alkyl halides is 3. The monoisotopic (exact) mass is 289 g/mol. The van der Waals surface area contributed by atoms with Gasteiger partial charge in [-0.15, -0.1) is 23.4 Å². The molecule has 0 spiro atoms.